The van der Waals surface area contributed by atoms with Crippen molar-refractivity contribution in [1.29, 1.82) is 0 Å². The zero-order valence-electron chi connectivity index (χ0n) is 15.7. The Labute approximate surface area is 155 Å². The zero-order chi connectivity index (χ0) is 18.5. The number of hydrogen-bond acceptors (Lipinski definition) is 4. The summed E-state index contributed by atoms with van der Waals surface area (Å²) in [6.07, 6.45) is 4.17. The van der Waals surface area contributed by atoms with Gasteiger partial charge in [0, 0.05) is 25.0 Å². The molecule has 3 rings (SSSR count). The first kappa shape index (κ1) is 18.4. The minimum absolute atomic E-state index is 0.143. The molecule has 0 radical (unpaired) electrons. The van der Waals surface area contributed by atoms with E-state index in [0.717, 1.165) is 37.4 Å². The molecule has 0 saturated carbocycles. The molecule has 0 aliphatic carbocycles. The molecular weight excluding hydrogens is 326 g/mol. The molecule has 5 heteroatoms. The fraction of sp³-hybridized carbons (Fsp3) is 0.429. The minimum Gasteiger partial charge on any atom is -0.372 e. The van der Waals surface area contributed by atoms with Gasteiger partial charge in [-0.25, -0.2) is 4.98 Å². The molecule has 138 valence electrons. The van der Waals surface area contributed by atoms with Crippen LogP contribution in [0.4, 0.5) is 11.5 Å². The molecule has 1 aliphatic rings. The Balaban J connectivity index is 1.63. The van der Waals surface area contributed by atoms with Crippen molar-refractivity contribution in [3.05, 3.63) is 53.7 Å². The van der Waals surface area contributed by atoms with Gasteiger partial charge >= 0.3 is 0 Å². The van der Waals surface area contributed by atoms with Crippen molar-refractivity contribution in [3.63, 3.8) is 0 Å². The smallest absolute Gasteiger partial charge is 0.257 e. The van der Waals surface area contributed by atoms with Gasteiger partial charge in [-0.1, -0.05) is 25.5 Å². The van der Waals surface area contributed by atoms with Gasteiger partial charge in [-0.3, -0.25) is 4.79 Å². The molecule has 0 bridgehead atoms. The molecule has 5 nitrogen and oxygen atoms in total. The maximum absolute atomic E-state index is 12.4. The molecule has 2 aromatic rings. The van der Waals surface area contributed by atoms with E-state index in [1.54, 1.807) is 6.20 Å². The number of pyridine rings is 1. The second kappa shape index (κ2) is 8.32. The molecule has 26 heavy (non-hydrogen) atoms. The molecule has 1 amide bonds. The number of amides is 1. The lowest BCUT2D eigenvalue weighted by molar-refractivity contribution is -0.00546. The normalized spacial score (nSPS) is 20.0. The number of morpholine rings is 1. The second-order valence-corrected chi connectivity index (χ2v) is 6.97. The van der Waals surface area contributed by atoms with Crippen molar-refractivity contribution in [3.8, 4) is 0 Å². The maximum atomic E-state index is 12.4. The van der Waals surface area contributed by atoms with E-state index >= 15 is 0 Å². The number of aromatic nitrogens is 1. The Hall–Kier alpha value is -2.40. The molecule has 1 fully saturated rings. The van der Waals surface area contributed by atoms with E-state index in [1.165, 1.54) is 5.56 Å². The summed E-state index contributed by atoms with van der Waals surface area (Å²) in [5.74, 6) is 0.739. The zero-order valence-corrected chi connectivity index (χ0v) is 15.7. The molecule has 1 aromatic heterocycles. The fourth-order valence-corrected chi connectivity index (χ4v) is 3.32. The summed E-state index contributed by atoms with van der Waals surface area (Å²) in [6, 6.07) is 11.7. The van der Waals surface area contributed by atoms with Crippen LogP contribution in [-0.2, 0) is 11.2 Å². The number of aryl methyl sites for hydroxylation is 1. The topological polar surface area (TPSA) is 54.5 Å². The lowest BCUT2D eigenvalue weighted by Gasteiger charge is -2.36. The van der Waals surface area contributed by atoms with Crippen molar-refractivity contribution in [1.82, 2.24) is 4.98 Å². The van der Waals surface area contributed by atoms with E-state index in [4.69, 9.17) is 4.74 Å². The fourth-order valence-electron chi connectivity index (χ4n) is 3.32. The third-order valence-electron chi connectivity index (χ3n) is 4.50. The highest BCUT2D eigenvalue weighted by Crippen LogP contribution is 2.19. The van der Waals surface area contributed by atoms with Crippen LogP contribution in [0, 0.1) is 0 Å². The maximum Gasteiger partial charge on any atom is 0.257 e. The summed E-state index contributed by atoms with van der Waals surface area (Å²) in [5.41, 5.74) is 2.64. The number of nitrogens with one attached hydrogen (secondary N) is 1. The summed E-state index contributed by atoms with van der Waals surface area (Å²) in [7, 11) is 0. The molecular formula is C21H27N3O2. The van der Waals surface area contributed by atoms with Crippen LogP contribution in [0.1, 0.15) is 43.1 Å². The standard InChI is InChI=1S/C21H27N3O2/c1-4-5-17-6-9-19(10-7-17)23-21(25)18-8-11-20(22-12-18)24-13-15(2)26-16(3)14-24/h6-12,15-16H,4-5,13-14H2,1-3H3,(H,23,25). The Morgan fingerprint density at radius 2 is 1.85 bits per heavy atom. The summed E-state index contributed by atoms with van der Waals surface area (Å²) < 4.78 is 5.76. The van der Waals surface area contributed by atoms with Gasteiger partial charge in [-0.2, -0.15) is 0 Å². The van der Waals surface area contributed by atoms with Crippen molar-refractivity contribution in [2.75, 3.05) is 23.3 Å². The van der Waals surface area contributed by atoms with Crippen molar-refractivity contribution >= 4 is 17.4 Å². The van der Waals surface area contributed by atoms with Crippen LogP contribution >= 0.6 is 0 Å². The van der Waals surface area contributed by atoms with Gasteiger partial charge in [0.15, 0.2) is 0 Å². The largest absolute Gasteiger partial charge is 0.372 e. The average Bonchev–Trinajstić information content (AvgIpc) is 2.63. The molecule has 2 unspecified atom stereocenters. The molecule has 1 aliphatic heterocycles. The molecule has 2 atom stereocenters. The number of anilines is 2. The van der Waals surface area contributed by atoms with Gasteiger partial charge in [0.05, 0.1) is 17.8 Å². The predicted octanol–water partition coefficient (Wildman–Crippen LogP) is 3.90. The Bertz CT molecular complexity index is 718. The van der Waals surface area contributed by atoms with Gasteiger partial charge in [0.2, 0.25) is 0 Å². The number of benzene rings is 1. The third kappa shape index (κ3) is 4.61. The highest BCUT2D eigenvalue weighted by molar-refractivity contribution is 6.04. The van der Waals surface area contributed by atoms with Crippen molar-refractivity contribution in [2.24, 2.45) is 0 Å². The van der Waals surface area contributed by atoms with E-state index in [-0.39, 0.29) is 18.1 Å². The average molecular weight is 353 g/mol. The summed E-state index contributed by atoms with van der Waals surface area (Å²) in [4.78, 5) is 19.1. The number of nitrogens with zero attached hydrogens (tertiary/aromatic N) is 2. The number of rotatable bonds is 5. The third-order valence-corrected chi connectivity index (χ3v) is 4.50. The second-order valence-electron chi connectivity index (χ2n) is 6.97. The number of hydrogen-bond donors (Lipinski definition) is 1. The van der Waals surface area contributed by atoms with Crippen molar-refractivity contribution in [2.45, 2.75) is 45.8 Å². The van der Waals surface area contributed by atoms with Crippen LogP contribution in [0.3, 0.4) is 0 Å². The van der Waals surface area contributed by atoms with Crippen LogP contribution < -0.4 is 10.2 Å². The number of ether oxygens (including phenoxy) is 1. The van der Waals surface area contributed by atoms with Crippen LogP contribution in [-0.4, -0.2) is 36.2 Å². The van der Waals surface area contributed by atoms with Crippen LogP contribution in [0.2, 0.25) is 0 Å². The van der Waals surface area contributed by atoms with Crippen LogP contribution in [0.25, 0.3) is 0 Å². The Morgan fingerprint density at radius 3 is 2.42 bits per heavy atom. The number of carbonyl (C=O) groups is 1. The molecule has 1 N–H and O–H groups in total. The molecule has 1 saturated heterocycles. The van der Waals surface area contributed by atoms with E-state index in [9.17, 15) is 4.79 Å². The quantitative estimate of drug-likeness (QED) is 0.886. The van der Waals surface area contributed by atoms with Gasteiger partial charge in [-0.15, -0.1) is 0 Å². The van der Waals surface area contributed by atoms with Crippen LogP contribution in [0.15, 0.2) is 42.6 Å². The van der Waals surface area contributed by atoms with Gasteiger partial charge in [0.1, 0.15) is 5.82 Å². The molecule has 2 heterocycles. The minimum atomic E-state index is -0.143. The lowest BCUT2D eigenvalue weighted by Crippen LogP contribution is -2.45. The van der Waals surface area contributed by atoms with Crippen molar-refractivity contribution < 1.29 is 9.53 Å². The first-order chi connectivity index (χ1) is 12.5. The first-order valence-corrected chi connectivity index (χ1v) is 9.32. The monoisotopic (exact) mass is 353 g/mol. The lowest BCUT2D eigenvalue weighted by atomic mass is 10.1. The molecule has 0 spiro atoms. The van der Waals surface area contributed by atoms with E-state index in [1.807, 2.05) is 24.3 Å². The summed E-state index contributed by atoms with van der Waals surface area (Å²) >= 11 is 0. The van der Waals surface area contributed by atoms with E-state index < -0.39 is 0 Å². The van der Waals surface area contributed by atoms with E-state index in [2.05, 4.69) is 48.1 Å². The van der Waals surface area contributed by atoms with Crippen LogP contribution in [0.5, 0.6) is 0 Å². The highest BCUT2D eigenvalue weighted by Gasteiger charge is 2.23. The van der Waals surface area contributed by atoms with Gasteiger partial charge in [0.25, 0.3) is 5.91 Å². The Kier molecular flexibility index (Phi) is 5.89. The molecule has 1 aromatic carbocycles. The highest BCUT2D eigenvalue weighted by atomic mass is 16.5. The SMILES string of the molecule is CCCc1ccc(NC(=O)c2ccc(N3CC(C)OC(C)C3)nc2)cc1. The summed E-state index contributed by atoms with van der Waals surface area (Å²) in [6.45, 7) is 7.91. The first-order valence-electron chi connectivity index (χ1n) is 9.32. The van der Waals surface area contributed by atoms with Gasteiger partial charge in [-0.05, 0) is 50.1 Å². The summed E-state index contributed by atoms with van der Waals surface area (Å²) in [5, 5.41) is 2.93. The predicted molar refractivity (Wildman–Crippen MR) is 105 cm³/mol. The Morgan fingerprint density at radius 1 is 1.15 bits per heavy atom. The van der Waals surface area contributed by atoms with Gasteiger partial charge < -0.3 is 15.0 Å². The number of carbonyl (C=O) groups excluding carboxylic acids is 1. The van der Waals surface area contributed by atoms with E-state index in [0.29, 0.717) is 5.56 Å².